The number of imidazole rings is 2. The van der Waals surface area contributed by atoms with Crippen LogP contribution in [0.1, 0.15) is 16.7 Å². The van der Waals surface area contributed by atoms with Gasteiger partial charge in [0, 0.05) is 16.8 Å². The van der Waals surface area contributed by atoms with Crippen LogP contribution in [0.5, 0.6) is 0 Å². The van der Waals surface area contributed by atoms with Crippen molar-refractivity contribution in [1.82, 2.24) is 18.8 Å². The first-order valence-electron chi connectivity index (χ1n) is 18.1. The summed E-state index contributed by atoms with van der Waals surface area (Å²) in [5, 5.41) is 8.33. The van der Waals surface area contributed by atoms with Gasteiger partial charge in [-0.25, -0.2) is 18.7 Å². The Morgan fingerprint density at radius 2 is 0.931 bits per heavy atom. The van der Waals surface area contributed by atoms with Crippen molar-refractivity contribution in [3.8, 4) is 22.5 Å². The molecule has 0 aliphatic heterocycles. The molecule has 0 aliphatic carbocycles. The molecule has 0 spiro atoms. The monoisotopic (exact) mass is 862 g/mol. The number of hydrogen-bond acceptors (Lipinski definition) is 6. The van der Waals surface area contributed by atoms with Gasteiger partial charge in [-0.1, -0.05) is 112 Å². The van der Waals surface area contributed by atoms with Gasteiger partial charge in [0.15, 0.2) is 9.92 Å². The number of fused-ring (bicyclic) bond motifs is 6. The largest absolute Gasteiger partial charge is 0.339 e. The van der Waals surface area contributed by atoms with Gasteiger partial charge < -0.3 is 10.6 Å². The van der Waals surface area contributed by atoms with E-state index in [9.17, 15) is 8.78 Å². The molecule has 6 nitrogen and oxygen atoms in total. The van der Waals surface area contributed by atoms with E-state index < -0.39 is 0 Å². The van der Waals surface area contributed by atoms with E-state index in [1.807, 2.05) is 61.5 Å². The van der Waals surface area contributed by atoms with E-state index in [1.54, 1.807) is 34.8 Å². The summed E-state index contributed by atoms with van der Waals surface area (Å²) in [6.07, 6.45) is 0. The van der Waals surface area contributed by atoms with Crippen LogP contribution >= 0.6 is 57.5 Å². The van der Waals surface area contributed by atoms with E-state index in [1.165, 1.54) is 24.3 Å². The molecule has 10 rings (SSSR count). The number of para-hydroxylation sites is 4. The van der Waals surface area contributed by atoms with Crippen molar-refractivity contribution in [2.75, 3.05) is 10.6 Å². The first kappa shape index (κ1) is 38.1. The van der Waals surface area contributed by atoms with Gasteiger partial charge in [0.2, 0.25) is 0 Å². The molecule has 0 saturated carbocycles. The van der Waals surface area contributed by atoms with Crippen molar-refractivity contribution in [2.24, 2.45) is 0 Å². The number of anilines is 4. The molecular formula is C45H31Cl3F2N6S2. The van der Waals surface area contributed by atoms with Crippen LogP contribution in [0.3, 0.4) is 0 Å². The highest BCUT2D eigenvalue weighted by Crippen LogP contribution is 2.43. The number of nitrogens with zero attached hydrogens (tertiary/aromatic N) is 4. The molecule has 4 aromatic heterocycles. The van der Waals surface area contributed by atoms with Gasteiger partial charge >= 0.3 is 0 Å². The van der Waals surface area contributed by atoms with Crippen LogP contribution in [0.25, 0.3) is 52.9 Å². The van der Waals surface area contributed by atoms with Crippen LogP contribution in [0.15, 0.2) is 121 Å². The Morgan fingerprint density at radius 1 is 0.500 bits per heavy atom. The average molecular weight is 864 g/mol. The van der Waals surface area contributed by atoms with E-state index in [0.717, 1.165) is 70.1 Å². The zero-order valence-electron chi connectivity index (χ0n) is 31.0. The zero-order chi connectivity index (χ0) is 40.2. The summed E-state index contributed by atoms with van der Waals surface area (Å²) < 4.78 is 33.7. The predicted octanol–water partition coefficient (Wildman–Crippen LogP) is 15.1. The Morgan fingerprint density at radius 3 is 1.40 bits per heavy atom. The Balaban J connectivity index is 0.000000150. The highest BCUT2D eigenvalue weighted by Gasteiger charge is 2.23. The first-order chi connectivity index (χ1) is 28.0. The maximum atomic E-state index is 13.6. The number of aryl methyl sites for hydroxylation is 3. The van der Waals surface area contributed by atoms with Crippen molar-refractivity contribution in [2.45, 2.75) is 20.8 Å². The Kier molecular flexibility index (Phi) is 10.1. The van der Waals surface area contributed by atoms with Gasteiger partial charge in [0.25, 0.3) is 0 Å². The maximum absolute atomic E-state index is 13.6. The summed E-state index contributed by atoms with van der Waals surface area (Å²) in [6.45, 7) is 6.14. The molecule has 13 heteroatoms. The highest BCUT2D eigenvalue weighted by molar-refractivity contribution is 7.24. The van der Waals surface area contributed by atoms with Crippen molar-refractivity contribution in [1.29, 1.82) is 0 Å². The molecule has 6 aromatic carbocycles. The Hall–Kier alpha value is -5.49. The van der Waals surface area contributed by atoms with E-state index >= 15 is 0 Å². The van der Waals surface area contributed by atoms with E-state index in [0.29, 0.717) is 37.6 Å². The fourth-order valence-electron chi connectivity index (χ4n) is 7.04. The zero-order valence-corrected chi connectivity index (χ0v) is 34.9. The van der Waals surface area contributed by atoms with Crippen molar-refractivity contribution >= 4 is 111 Å². The molecule has 0 aliphatic rings. The van der Waals surface area contributed by atoms with Crippen molar-refractivity contribution < 1.29 is 8.78 Å². The van der Waals surface area contributed by atoms with Gasteiger partial charge in [-0.3, -0.25) is 8.80 Å². The first-order valence-corrected chi connectivity index (χ1v) is 20.9. The summed E-state index contributed by atoms with van der Waals surface area (Å²) in [7, 11) is 0. The highest BCUT2D eigenvalue weighted by atomic mass is 35.5. The molecule has 4 heterocycles. The average Bonchev–Trinajstić information content (AvgIpc) is 3.93. The quantitative estimate of drug-likeness (QED) is 0.175. The summed E-state index contributed by atoms with van der Waals surface area (Å²) in [5.74, 6) is 0.807. The Bertz CT molecular complexity index is 2950. The number of thiazole rings is 2. The smallest absolute Gasteiger partial charge is 0.197 e. The van der Waals surface area contributed by atoms with Crippen molar-refractivity contribution in [3.63, 3.8) is 0 Å². The normalized spacial score (nSPS) is 11.4. The molecule has 0 atom stereocenters. The van der Waals surface area contributed by atoms with Crippen LogP contribution in [-0.2, 0) is 0 Å². The number of aromatic nitrogens is 4. The van der Waals surface area contributed by atoms with Gasteiger partial charge in [-0.2, -0.15) is 0 Å². The minimum Gasteiger partial charge on any atom is -0.339 e. The molecule has 0 fully saturated rings. The SMILES string of the molecule is Cc1cccc(C)c1Nc1c(-c2ccc(F)cc2Cl)nc2sc3ccccc3n12.Cc1cccc(Cl)c1Nc1c(-c2ccc(F)cc2Cl)nc2sc3ccccc3n12. The molecule has 0 radical (unpaired) electrons. The maximum Gasteiger partial charge on any atom is 0.197 e. The summed E-state index contributed by atoms with van der Waals surface area (Å²) in [6, 6.07) is 37.0. The lowest BCUT2D eigenvalue weighted by molar-refractivity contribution is 0.627. The molecule has 0 bridgehead atoms. The third-order valence-electron chi connectivity index (χ3n) is 9.87. The minimum absolute atomic E-state index is 0.305. The molecular weight excluding hydrogens is 833 g/mol. The molecule has 0 amide bonds. The van der Waals surface area contributed by atoms with Gasteiger partial charge in [-0.05, 0) is 104 Å². The topological polar surface area (TPSA) is 58.7 Å². The van der Waals surface area contributed by atoms with Gasteiger partial charge in [0.05, 0.1) is 41.2 Å². The summed E-state index contributed by atoms with van der Waals surface area (Å²) >= 11 is 22.4. The second-order valence-electron chi connectivity index (χ2n) is 13.7. The molecule has 0 unspecified atom stereocenters. The second kappa shape index (κ2) is 15.4. The van der Waals surface area contributed by atoms with E-state index in [2.05, 4.69) is 63.6 Å². The lowest BCUT2D eigenvalue weighted by Gasteiger charge is -2.14. The number of rotatable bonds is 6. The Labute approximate surface area is 354 Å². The third-order valence-corrected chi connectivity index (χ3v) is 12.9. The molecule has 2 N–H and O–H groups in total. The van der Waals surface area contributed by atoms with Gasteiger partial charge in [-0.15, -0.1) is 0 Å². The lowest BCUT2D eigenvalue weighted by Crippen LogP contribution is -2.00. The molecule has 10 aromatic rings. The van der Waals surface area contributed by atoms with E-state index in [-0.39, 0.29) is 11.6 Å². The lowest BCUT2D eigenvalue weighted by atomic mass is 10.1. The van der Waals surface area contributed by atoms with Crippen LogP contribution in [-0.4, -0.2) is 18.8 Å². The second-order valence-corrected chi connectivity index (χ2v) is 16.9. The standard InChI is InChI=1S/C23H17ClFN3S.C22H14Cl2FN3S/c1-13-6-5-7-14(2)20(13)26-22-21(16-11-10-15(25)12-17(16)24)27-23-28(22)18-8-3-4-9-19(18)29-23;1-12-5-4-6-15(23)19(12)26-21-20(14-10-9-13(25)11-16(14)24)27-22-28(21)17-7-2-3-8-18(17)29-22/h3-12,26H,1-2H3;2-11,26H,1H3. The number of nitrogens with one attached hydrogen (secondary N) is 2. The van der Waals surface area contributed by atoms with Crippen LogP contribution in [0.4, 0.5) is 31.8 Å². The van der Waals surface area contributed by atoms with Crippen molar-refractivity contribution in [3.05, 3.63) is 165 Å². The summed E-state index contributed by atoms with van der Waals surface area (Å²) in [4.78, 5) is 11.4. The number of halogens is 5. The van der Waals surface area contributed by atoms with Gasteiger partial charge in [0.1, 0.15) is 34.7 Å². The van der Waals surface area contributed by atoms with Crippen LogP contribution in [0.2, 0.25) is 15.1 Å². The summed E-state index contributed by atoms with van der Waals surface area (Å²) in [5.41, 5.74) is 9.89. The minimum atomic E-state index is -0.387. The van der Waals surface area contributed by atoms with E-state index in [4.69, 9.17) is 44.8 Å². The molecule has 58 heavy (non-hydrogen) atoms. The van der Waals surface area contributed by atoms with Crippen LogP contribution in [0, 0.1) is 32.4 Å². The predicted molar refractivity (Wildman–Crippen MR) is 241 cm³/mol. The molecule has 288 valence electrons. The van der Waals surface area contributed by atoms with Crippen LogP contribution < -0.4 is 10.6 Å². The fraction of sp³-hybridized carbons (Fsp3) is 0.0667. The fourth-order valence-corrected chi connectivity index (χ4v) is 9.88. The molecule has 0 saturated heterocycles. The third kappa shape index (κ3) is 6.84. The number of hydrogen-bond donors (Lipinski definition) is 2. The number of benzene rings is 6.